The second kappa shape index (κ2) is 4.89. The van der Waals surface area contributed by atoms with Gasteiger partial charge in [0.1, 0.15) is 11.9 Å². The zero-order chi connectivity index (χ0) is 14.3. The molecular formula is C15H11ClFNO2. The molecule has 0 saturated carbocycles. The van der Waals surface area contributed by atoms with Crippen molar-refractivity contribution in [2.24, 2.45) is 0 Å². The smallest absolute Gasteiger partial charge is 0.228 e. The summed E-state index contributed by atoms with van der Waals surface area (Å²) in [6.45, 7) is 0. The number of hydrogen-bond acceptors (Lipinski definition) is 2. The number of carbonyl (C=O) groups is 1. The predicted molar refractivity (Wildman–Crippen MR) is 74.2 cm³/mol. The number of anilines is 1. The van der Waals surface area contributed by atoms with E-state index in [0.29, 0.717) is 21.8 Å². The van der Waals surface area contributed by atoms with Crippen molar-refractivity contribution in [3.8, 4) is 0 Å². The van der Waals surface area contributed by atoms with E-state index in [1.807, 2.05) is 0 Å². The van der Waals surface area contributed by atoms with E-state index in [-0.39, 0.29) is 17.9 Å². The summed E-state index contributed by atoms with van der Waals surface area (Å²) in [7, 11) is 0. The largest absolute Gasteiger partial charge is 0.383 e. The summed E-state index contributed by atoms with van der Waals surface area (Å²) in [5, 5.41) is 13.5. The maximum absolute atomic E-state index is 13.8. The average Bonchev–Trinajstić information content (AvgIpc) is 2.77. The van der Waals surface area contributed by atoms with E-state index >= 15 is 0 Å². The Morgan fingerprint density at radius 2 is 2.00 bits per heavy atom. The lowest BCUT2D eigenvalue weighted by Crippen LogP contribution is -2.08. The van der Waals surface area contributed by atoms with Gasteiger partial charge in [0.05, 0.1) is 12.1 Å². The zero-order valence-corrected chi connectivity index (χ0v) is 11.1. The van der Waals surface area contributed by atoms with Gasteiger partial charge in [-0.15, -0.1) is 0 Å². The number of nitrogens with one attached hydrogen (secondary N) is 1. The van der Waals surface area contributed by atoms with Crippen LogP contribution in [0.2, 0.25) is 5.02 Å². The molecule has 0 fully saturated rings. The minimum absolute atomic E-state index is 0.151. The number of rotatable bonds is 2. The predicted octanol–water partition coefficient (Wildman–Crippen LogP) is 3.06. The molecule has 1 heterocycles. The molecule has 1 unspecified atom stereocenters. The van der Waals surface area contributed by atoms with Crippen LogP contribution in [0.25, 0.3) is 0 Å². The summed E-state index contributed by atoms with van der Waals surface area (Å²) in [5.74, 6) is -0.665. The van der Waals surface area contributed by atoms with E-state index in [2.05, 4.69) is 5.32 Å². The molecule has 5 heteroatoms. The molecule has 3 nitrogen and oxygen atoms in total. The van der Waals surface area contributed by atoms with Crippen molar-refractivity contribution in [1.82, 2.24) is 0 Å². The van der Waals surface area contributed by atoms with Crippen LogP contribution >= 0.6 is 11.6 Å². The Bertz CT molecular complexity index is 702. The number of carbonyl (C=O) groups excluding carboxylic acids is 1. The van der Waals surface area contributed by atoms with Gasteiger partial charge >= 0.3 is 0 Å². The first-order valence-electron chi connectivity index (χ1n) is 6.11. The summed E-state index contributed by atoms with van der Waals surface area (Å²) in [6.07, 6.45) is -0.963. The van der Waals surface area contributed by atoms with Gasteiger partial charge in [-0.05, 0) is 23.8 Å². The van der Waals surface area contributed by atoms with Crippen molar-refractivity contribution in [1.29, 1.82) is 0 Å². The fourth-order valence-corrected chi connectivity index (χ4v) is 2.66. The van der Waals surface area contributed by atoms with Crippen molar-refractivity contribution in [3.63, 3.8) is 0 Å². The van der Waals surface area contributed by atoms with Gasteiger partial charge in [0.15, 0.2) is 0 Å². The summed E-state index contributed by atoms with van der Waals surface area (Å²) in [6, 6.07) is 9.20. The van der Waals surface area contributed by atoms with Crippen LogP contribution in [0.4, 0.5) is 10.1 Å². The molecule has 1 atom stereocenters. The van der Waals surface area contributed by atoms with Crippen molar-refractivity contribution in [2.75, 3.05) is 5.32 Å². The Balaban J connectivity index is 2.12. The lowest BCUT2D eigenvalue weighted by Gasteiger charge is -2.16. The van der Waals surface area contributed by atoms with Crippen LogP contribution < -0.4 is 5.32 Å². The van der Waals surface area contributed by atoms with Crippen LogP contribution in [0.1, 0.15) is 22.8 Å². The maximum Gasteiger partial charge on any atom is 0.228 e. The van der Waals surface area contributed by atoms with Gasteiger partial charge < -0.3 is 10.4 Å². The first kappa shape index (κ1) is 13.1. The van der Waals surface area contributed by atoms with Gasteiger partial charge in [0.2, 0.25) is 5.91 Å². The Labute approximate surface area is 120 Å². The Morgan fingerprint density at radius 1 is 1.25 bits per heavy atom. The van der Waals surface area contributed by atoms with Crippen LogP contribution in [-0.2, 0) is 11.2 Å². The van der Waals surface area contributed by atoms with Crippen LogP contribution in [0, 0.1) is 5.82 Å². The molecule has 0 bridgehead atoms. The van der Waals surface area contributed by atoms with E-state index in [4.69, 9.17) is 11.6 Å². The SMILES string of the molecule is O=C1Cc2cc(Cl)cc(C(O)c3ccccc3F)c2N1. The molecule has 0 aromatic heterocycles. The van der Waals surface area contributed by atoms with Crippen molar-refractivity contribution in [3.05, 3.63) is 63.9 Å². The molecule has 2 aromatic carbocycles. The lowest BCUT2D eigenvalue weighted by atomic mass is 9.97. The van der Waals surface area contributed by atoms with Gasteiger partial charge in [-0.1, -0.05) is 29.8 Å². The van der Waals surface area contributed by atoms with E-state index in [1.54, 1.807) is 24.3 Å². The fraction of sp³-hybridized carbons (Fsp3) is 0.133. The summed E-state index contributed by atoms with van der Waals surface area (Å²) in [5.41, 5.74) is 1.80. The molecular weight excluding hydrogens is 281 g/mol. The highest BCUT2D eigenvalue weighted by molar-refractivity contribution is 6.31. The number of amides is 1. The van der Waals surface area contributed by atoms with Gasteiger partial charge in [0, 0.05) is 16.1 Å². The first-order valence-corrected chi connectivity index (χ1v) is 6.48. The van der Waals surface area contributed by atoms with Gasteiger partial charge in [-0.2, -0.15) is 0 Å². The van der Waals surface area contributed by atoms with E-state index in [1.165, 1.54) is 12.1 Å². The molecule has 2 aromatic rings. The van der Waals surface area contributed by atoms with Gasteiger partial charge in [-0.3, -0.25) is 4.79 Å². The maximum atomic E-state index is 13.8. The fourth-order valence-electron chi connectivity index (χ4n) is 2.41. The number of aliphatic hydroxyl groups is 1. The topological polar surface area (TPSA) is 49.3 Å². The molecule has 1 amide bonds. The number of aliphatic hydroxyl groups excluding tert-OH is 1. The van der Waals surface area contributed by atoms with Crippen molar-refractivity contribution >= 4 is 23.2 Å². The molecule has 2 N–H and O–H groups in total. The minimum atomic E-state index is -1.18. The molecule has 102 valence electrons. The molecule has 20 heavy (non-hydrogen) atoms. The van der Waals surface area contributed by atoms with Gasteiger partial charge in [0.25, 0.3) is 0 Å². The van der Waals surface area contributed by atoms with Crippen LogP contribution in [-0.4, -0.2) is 11.0 Å². The van der Waals surface area contributed by atoms with Crippen LogP contribution in [0.15, 0.2) is 36.4 Å². The first-order chi connectivity index (χ1) is 9.56. The normalized spacial score (nSPS) is 14.8. The van der Waals surface area contributed by atoms with Crippen molar-refractivity contribution in [2.45, 2.75) is 12.5 Å². The van der Waals surface area contributed by atoms with Crippen molar-refractivity contribution < 1.29 is 14.3 Å². The highest BCUT2D eigenvalue weighted by atomic mass is 35.5. The second-order valence-corrected chi connectivity index (χ2v) is 5.11. The number of fused-ring (bicyclic) bond motifs is 1. The molecule has 0 radical (unpaired) electrons. The standard InChI is InChI=1S/C15H11ClFNO2/c16-9-5-8-6-13(19)18-14(8)11(7-9)15(20)10-3-1-2-4-12(10)17/h1-5,7,15,20H,6H2,(H,18,19). The number of hydrogen-bond donors (Lipinski definition) is 2. The summed E-state index contributed by atoms with van der Waals surface area (Å²) < 4.78 is 13.8. The quantitative estimate of drug-likeness (QED) is 0.893. The van der Waals surface area contributed by atoms with E-state index in [0.717, 1.165) is 0 Å². The molecule has 1 aliphatic rings. The van der Waals surface area contributed by atoms with E-state index < -0.39 is 11.9 Å². The lowest BCUT2D eigenvalue weighted by molar-refractivity contribution is -0.115. The zero-order valence-electron chi connectivity index (χ0n) is 10.4. The number of halogens is 2. The van der Waals surface area contributed by atoms with Crippen LogP contribution in [0.3, 0.4) is 0 Å². The highest BCUT2D eigenvalue weighted by Gasteiger charge is 2.26. The summed E-state index contributed by atoms with van der Waals surface area (Å²) >= 11 is 6.00. The number of benzene rings is 2. The Hall–Kier alpha value is -1.91. The highest BCUT2D eigenvalue weighted by Crippen LogP contribution is 2.37. The molecule has 0 saturated heterocycles. The van der Waals surface area contributed by atoms with E-state index in [9.17, 15) is 14.3 Å². The molecule has 0 aliphatic carbocycles. The molecule has 1 aliphatic heterocycles. The summed E-state index contributed by atoms with van der Waals surface area (Å²) in [4.78, 5) is 11.5. The molecule has 3 rings (SSSR count). The minimum Gasteiger partial charge on any atom is -0.383 e. The third kappa shape index (κ3) is 2.17. The third-order valence-electron chi connectivity index (χ3n) is 3.33. The second-order valence-electron chi connectivity index (χ2n) is 4.68. The average molecular weight is 292 g/mol. The van der Waals surface area contributed by atoms with Crippen LogP contribution in [0.5, 0.6) is 0 Å². The Kier molecular flexibility index (Phi) is 3.20. The third-order valence-corrected chi connectivity index (χ3v) is 3.54. The monoisotopic (exact) mass is 291 g/mol. The molecule has 0 spiro atoms. The Morgan fingerprint density at radius 3 is 2.75 bits per heavy atom. The van der Waals surface area contributed by atoms with Gasteiger partial charge in [-0.25, -0.2) is 4.39 Å².